The molecule has 0 fully saturated rings. The van der Waals surface area contributed by atoms with E-state index in [2.05, 4.69) is 16.0 Å². The van der Waals surface area contributed by atoms with Crippen LogP contribution in [0, 0.1) is 11.3 Å². The lowest BCUT2D eigenvalue weighted by atomic mass is 10.1. The molecule has 1 N–H and O–H groups in total. The molecule has 0 amide bonds. The number of pyridine rings is 2. The molecule has 0 saturated carbocycles. The van der Waals surface area contributed by atoms with Crippen LogP contribution >= 0.6 is 0 Å². The molecule has 0 aliphatic rings. The van der Waals surface area contributed by atoms with Gasteiger partial charge in [0.1, 0.15) is 23.5 Å². The Morgan fingerprint density at radius 2 is 2.19 bits per heavy atom. The van der Waals surface area contributed by atoms with Crippen molar-refractivity contribution in [2.45, 2.75) is 6.92 Å². The summed E-state index contributed by atoms with van der Waals surface area (Å²) in [5.74, 6) is 0.622. The van der Waals surface area contributed by atoms with Crippen LogP contribution in [0.1, 0.15) is 12.5 Å². The smallest absolute Gasteiger partial charge is 0.288 e. The molecule has 0 atom stereocenters. The van der Waals surface area contributed by atoms with E-state index in [-0.39, 0.29) is 0 Å². The quantitative estimate of drug-likeness (QED) is 0.748. The molecule has 3 aromatic rings. The second kappa shape index (κ2) is 5.25. The zero-order valence-corrected chi connectivity index (χ0v) is 11.9. The van der Waals surface area contributed by atoms with E-state index in [1.807, 2.05) is 42.8 Å². The van der Waals surface area contributed by atoms with Crippen LogP contribution in [0.4, 0.5) is 0 Å². The molecular weight excluding hydrogens is 264 g/mol. The van der Waals surface area contributed by atoms with Gasteiger partial charge in [-0.05, 0) is 25.1 Å². The molecular formula is C16H15N4O+. The van der Waals surface area contributed by atoms with Crippen LogP contribution in [-0.2, 0) is 7.05 Å². The Morgan fingerprint density at radius 3 is 2.86 bits per heavy atom. The summed E-state index contributed by atoms with van der Waals surface area (Å²) in [6.45, 7) is 2.53. The van der Waals surface area contributed by atoms with Crippen LogP contribution < -0.4 is 9.30 Å². The number of hydrogen-bond donors (Lipinski definition) is 1. The number of aryl methyl sites for hydroxylation is 1. The summed E-state index contributed by atoms with van der Waals surface area (Å²) < 4.78 is 7.38. The fraction of sp³-hybridized carbons (Fsp3) is 0.188. The Hall–Kier alpha value is -2.87. The summed E-state index contributed by atoms with van der Waals surface area (Å²) in [7, 11) is 1.96. The normalized spacial score (nSPS) is 10.5. The monoisotopic (exact) mass is 279 g/mol. The van der Waals surface area contributed by atoms with Gasteiger partial charge < -0.3 is 4.74 Å². The first-order chi connectivity index (χ1) is 10.2. The first-order valence-corrected chi connectivity index (χ1v) is 6.74. The van der Waals surface area contributed by atoms with Crippen LogP contribution in [0.5, 0.6) is 5.88 Å². The van der Waals surface area contributed by atoms with Gasteiger partial charge in [0.25, 0.3) is 5.65 Å². The predicted molar refractivity (Wildman–Crippen MR) is 78.6 cm³/mol. The van der Waals surface area contributed by atoms with Gasteiger partial charge in [-0.3, -0.25) is 0 Å². The van der Waals surface area contributed by atoms with Gasteiger partial charge in [0.2, 0.25) is 5.88 Å². The number of nitriles is 1. The molecule has 0 radical (unpaired) electrons. The lowest BCUT2D eigenvalue weighted by Gasteiger charge is -2.05. The van der Waals surface area contributed by atoms with Crippen molar-refractivity contribution >= 4 is 11.0 Å². The van der Waals surface area contributed by atoms with Crippen molar-refractivity contribution in [3.63, 3.8) is 0 Å². The van der Waals surface area contributed by atoms with Crippen molar-refractivity contribution in [3.8, 4) is 23.2 Å². The van der Waals surface area contributed by atoms with Crippen LogP contribution in [0.15, 0.2) is 36.7 Å². The Morgan fingerprint density at radius 1 is 1.33 bits per heavy atom. The number of aromatic nitrogens is 3. The first kappa shape index (κ1) is 13.1. The van der Waals surface area contributed by atoms with Crippen molar-refractivity contribution in [3.05, 3.63) is 42.2 Å². The fourth-order valence-corrected chi connectivity index (χ4v) is 2.41. The third-order valence-electron chi connectivity index (χ3n) is 3.45. The van der Waals surface area contributed by atoms with Gasteiger partial charge >= 0.3 is 0 Å². The van der Waals surface area contributed by atoms with E-state index < -0.39 is 0 Å². The minimum Gasteiger partial charge on any atom is -0.478 e. The molecule has 0 bridgehead atoms. The van der Waals surface area contributed by atoms with E-state index in [9.17, 15) is 0 Å². The molecule has 0 aromatic carbocycles. The number of rotatable bonds is 3. The number of hydrogen-bond acceptors (Lipinski definition) is 3. The molecule has 5 heteroatoms. The molecule has 0 unspecified atom stereocenters. The maximum Gasteiger partial charge on any atom is 0.288 e. The van der Waals surface area contributed by atoms with Crippen molar-refractivity contribution in [2.24, 2.45) is 7.05 Å². The van der Waals surface area contributed by atoms with E-state index in [1.54, 1.807) is 12.4 Å². The SMILES string of the molecule is CCOc1ccc(-c2ccc3c(C#N)c[nH]c3[n+]2C)cn1. The van der Waals surface area contributed by atoms with E-state index >= 15 is 0 Å². The van der Waals surface area contributed by atoms with Crippen LogP contribution in [0.25, 0.3) is 22.3 Å². The highest BCUT2D eigenvalue weighted by Crippen LogP contribution is 2.21. The van der Waals surface area contributed by atoms with Crippen LogP contribution in [0.2, 0.25) is 0 Å². The molecule has 3 rings (SSSR count). The first-order valence-electron chi connectivity index (χ1n) is 6.74. The predicted octanol–water partition coefficient (Wildman–Crippen LogP) is 2.32. The molecule has 104 valence electrons. The Labute approximate surface area is 122 Å². The summed E-state index contributed by atoms with van der Waals surface area (Å²) in [5, 5.41) is 10.00. The van der Waals surface area contributed by atoms with Gasteiger partial charge in [-0.1, -0.05) is 0 Å². The van der Waals surface area contributed by atoms with E-state index in [1.165, 1.54) is 0 Å². The minimum atomic E-state index is 0.603. The Bertz CT molecular complexity index is 828. The maximum absolute atomic E-state index is 9.08. The average Bonchev–Trinajstić information content (AvgIpc) is 2.93. The fourth-order valence-electron chi connectivity index (χ4n) is 2.41. The molecule has 0 aliphatic carbocycles. The van der Waals surface area contributed by atoms with Crippen molar-refractivity contribution in [1.82, 2.24) is 9.97 Å². The summed E-state index contributed by atoms with van der Waals surface area (Å²) in [5.41, 5.74) is 3.58. The minimum absolute atomic E-state index is 0.603. The third-order valence-corrected chi connectivity index (χ3v) is 3.45. The van der Waals surface area contributed by atoms with E-state index in [0.29, 0.717) is 18.1 Å². The maximum atomic E-state index is 9.08. The standard InChI is InChI=1S/C16H14N4O/c1-3-21-15-7-4-11(9-18-15)14-6-5-13-12(8-17)10-19-16(13)20(14)2/h4-7,9-10H,3H2,1-2H3/p+1. The topological polar surface area (TPSA) is 65.6 Å². The highest BCUT2D eigenvalue weighted by molar-refractivity contribution is 5.81. The number of ether oxygens (including phenoxy) is 1. The zero-order valence-electron chi connectivity index (χ0n) is 11.9. The molecule has 21 heavy (non-hydrogen) atoms. The average molecular weight is 279 g/mol. The molecule has 3 aromatic heterocycles. The summed E-state index contributed by atoms with van der Waals surface area (Å²) >= 11 is 0. The lowest BCUT2D eigenvalue weighted by Crippen LogP contribution is -2.32. The highest BCUT2D eigenvalue weighted by atomic mass is 16.5. The number of H-pyrrole nitrogens is 1. The number of aromatic amines is 1. The second-order valence-corrected chi connectivity index (χ2v) is 4.67. The summed E-state index contributed by atoms with van der Waals surface area (Å²) in [4.78, 5) is 7.43. The van der Waals surface area contributed by atoms with Crippen molar-refractivity contribution in [1.29, 1.82) is 5.26 Å². The van der Waals surface area contributed by atoms with Crippen molar-refractivity contribution in [2.75, 3.05) is 6.61 Å². The third kappa shape index (κ3) is 2.21. The van der Waals surface area contributed by atoms with Crippen molar-refractivity contribution < 1.29 is 9.30 Å². The molecule has 0 saturated heterocycles. The van der Waals surface area contributed by atoms with E-state index in [4.69, 9.17) is 10.00 Å². The number of nitrogens with one attached hydrogen (secondary N) is 1. The molecule has 3 heterocycles. The molecule has 5 nitrogen and oxygen atoms in total. The van der Waals surface area contributed by atoms with Gasteiger partial charge in [-0.15, -0.1) is 0 Å². The lowest BCUT2D eigenvalue weighted by molar-refractivity contribution is -0.635. The van der Waals surface area contributed by atoms with Crippen LogP contribution in [0.3, 0.4) is 0 Å². The van der Waals surface area contributed by atoms with Crippen LogP contribution in [-0.4, -0.2) is 16.6 Å². The zero-order chi connectivity index (χ0) is 14.8. The Balaban J connectivity index is 2.08. The Kier molecular flexibility index (Phi) is 3.28. The number of fused-ring (bicyclic) bond motifs is 1. The largest absolute Gasteiger partial charge is 0.478 e. The summed E-state index contributed by atoms with van der Waals surface area (Å²) in [6, 6.07) is 9.97. The summed E-state index contributed by atoms with van der Waals surface area (Å²) in [6.07, 6.45) is 3.52. The second-order valence-electron chi connectivity index (χ2n) is 4.67. The van der Waals surface area contributed by atoms with Gasteiger partial charge in [-0.2, -0.15) is 5.26 Å². The molecule has 0 spiro atoms. The highest BCUT2D eigenvalue weighted by Gasteiger charge is 2.16. The van der Waals surface area contributed by atoms with Gasteiger partial charge in [0.15, 0.2) is 0 Å². The molecule has 0 aliphatic heterocycles. The van der Waals surface area contributed by atoms with E-state index in [0.717, 1.165) is 22.3 Å². The van der Waals surface area contributed by atoms with Gasteiger partial charge in [0.05, 0.1) is 19.0 Å². The van der Waals surface area contributed by atoms with Gasteiger partial charge in [0, 0.05) is 17.8 Å². The number of nitrogens with zero attached hydrogens (tertiary/aromatic N) is 3. The van der Waals surface area contributed by atoms with Gasteiger partial charge in [-0.25, -0.2) is 14.5 Å².